The zero-order valence-electron chi connectivity index (χ0n) is 15.1. The van der Waals surface area contributed by atoms with Gasteiger partial charge in [0.25, 0.3) is 5.91 Å². The summed E-state index contributed by atoms with van der Waals surface area (Å²) >= 11 is 0. The van der Waals surface area contributed by atoms with Gasteiger partial charge in [-0.1, -0.05) is 12.1 Å². The zero-order chi connectivity index (χ0) is 18.6. The first-order valence-corrected chi connectivity index (χ1v) is 9.25. The maximum atomic E-state index is 13.0. The van der Waals surface area contributed by atoms with Crippen molar-refractivity contribution in [1.29, 1.82) is 0 Å². The molecule has 6 heteroatoms. The first-order valence-electron chi connectivity index (χ1n) is 9.25. The second-order valence-corrected chi connectivity index (χ2v) is 7.07. The normalized spacial score (nSPS) is 15.2. The van der Waals surface area contributed by atoms with Crippen molar-refractivity contribution in [1.82, 2.24) is 14.5 Å². The van der Waals surface area contributed by atoms with E-state index in [1.807, 2.05) is 33.9 Å². The van der Waals surface area contributed by atoms with Crippen LogP contribution in [0, 0.1) is 11.7 Å². The molecule has 27 heavy (non-hydrogen) atoms. The van der Waals surface area contributed by atoms with E-state index in [2.05, 4.69) is 4.98 Å². The van der Waals surface area contributed by atoms with Crippen LogP contribution in [0.3, 0.4) is 0 Å². The van der Waals surface area contributed by atoms with Crippen LogP contribution >= 0.6 is 0 Å². The number of rotatable bonds is 5. The number of carbonyl (C=O) groups excluding carboxylic acids is 1. The molecule has 0 atom stereocenters. The Bertz CT molecular complexity index is 879. The van der Waals surface area contributed by atoms with Crippen LogP contribution < -0.4 is 0 Å². The van der Waals surface area contributed by atoms with Gasteiger partial charge >= 0.3 is 0 Å². The van der Waals surface area contributed by atoms with E-state index in [-0.39, 0.29) is 11.7 Å². The van der Waals surface area contributed by atoms with E-state index in [1.165, 1.54) is 12.1 Å². The Morgan fingerprint density at radius 2 is 1.93 bits per heavy atom. The van der Waals surface area contributed by atoms with Crippen molar-refractivity contribution in [3.63, 3.8) is 0 Å². The molecule has 5 nitrogen and oxygen atoms in total. The van der Waals surface area contributed by atoms with Gasteiger partial charge in [0.15, 0.2) is 5.76 Å². The highest BCUT2D eigenvalue weighted by atomic mass is 19.1. The Hall–Kier alpha value is -2.89. The first-order chi connectivity index (χ1) is 13.2. The van der Waals surface area contributed by atoms with E-state index in [0.29, 0.717) is 18.2 Å². The minimum atomic E-state index is -0.204. The van der Waals surface area contributed by atoms with Crippen molar-refractivity contribution >= 4 is 5.91 Å². The summed E-state index contributed by atoms with van der Waals surface area (Å²) in [6, 6.07) is 10.3. The summed E-state index contributed by atoms with van der Waals surface area (Å²) in [4.78, 5) is 18.6. The Morgan fingerprint density at radius 1 is 1.15 bits per heavy atom. The lowest BCUT2D eigenvalue weighted by Crippen LogP contribution is -2.38. The summed E-state index contributed by atoms with van der Waals surface area (Å²) in [7, 11) is 0. The second-order valence-electron chi connectivity index (χ2n) is 7.07. The number of amides is 1. The number of hydrogen-bond donors (Lipinski definition) is 0. The molecule has 2 aromatic heterocycles. The lowest BCUT2D eigenvalue weighted by molar-refractivity contribution is 0.0656. The summed E-state index contributed by atoms with van der Waals surface area (Å²) in [6.07, 6.45) is 8.12. The minimum Gasteiger partial charge on any atom is -0.454 e. The molecule has 0 bridgehead atoms. The molecule has 0 spiro atoms. The predicted octanol–water partition coefficient (Wildman–Crippen LogP) is 3.76. The van der Waals surface area contributed by atoms with E-state index >= 15 is 0 Å². The highest BCUT2D eigenvalue weighted by Crippen LogP contribution is 2.23. The summed E-state index contributed by atoms with van der Waals surface area (Å²) < 4.78 is 20.6. The van der Waals surface area contributed by atoms with Gasteiger partial charge in [0, 0.05) is 25.5 Å². The van der Waals surface area contributed by atoms with Crippen molar-refractivity contribution in [3.8, 4) is 0 Å². The van der Waals surface area contributed by atoms with Crippen LogP contribution in [-0.4, -0.2) is 33.4 Å². The molecule has 1 amide bonds. The van der Waals surface area contributed by atoms with Gasteiger partial charge in [-0.25, -0.2) is 9.37 Å². The molecular weight excluding hydrogens is 345 g/mol. The molecule has 140 valence electrons. The average molecular weight is 367 g/mol. The number of carbonyl (C=O) groups is 1. The van der Waals surface area contributed by atoms with Crippen LogP contribution in [-0.2, 0) is 13.0 Å². The van der Waals surface area contributed by atoms with Crippen LogP contribution in [0.2, 0.25) is 0 Å². The highest BCUT2D eigenvalue weighted by Gasteiger charge is 2.25. The van der Waals surface area contributed by atoms with Crippen LogP contribution in [0.4, 0.5) is 4.39 Å². The third-order valence-corrected chi connectivity index (χ3v) is 5.11. The number of benzene rings is 1. The molecule has 1 saturated heterocycles. The molecular formula is C21H22FN3O2. The second kappa shape index (κ2) is 7.78. The van der Waals surface area contributed by atoms with Gasteiger partial charge in [-0.15, -0.1) is 0 Å². The number of aromatic nitrogens is 2. The van der Waals surface area contributed by atoms with Gasteiger partial charge in [0.05, 0.1) is 12.9 Å². The van der Waals surface area contributed by atoms with Crippen molar-refractivity contribution in [3.05, 3.63) is 78.0 Å². The van der Waals surface area contributed by atoms with Crippen molar-refractivity contribution in [2.24, 2.45) is 5.92 Å². The third kappa shape index (κ3) is 4.27. The smallest absolute Gasteiger partial charge is 0.289 e. The Morgan fingerprint density at radius 3 is 2.63 bits per heavy atom. The fourth-order valence-corrected chi connectivity index (χ4v) is 3.59. The van der Waals surface area contributed by atoms with Crippen molar-refractivity contribution in [2.45, 2.75) is 25.8 Å². The molecule has 1 aliphatic heterocycles. The molecule has 0 saturated carbocycles. The average Bonchev–Trinajstić information content (AvgIpc) is 3.36. The van der Waals surface area contributed by atoms with Crippen LogP contribution in [0.5, 0.6) is 0 Å². The number of nitrogens with zero attached hydrogens (tertiary/aromatic N) is 3. The minimum absolute atomic E-state index is 0.0490. The fourth-order valence-electron chi connectivity index (χ4n) is 3.59. The summed E-state index contributed by atoms with van der Waals surface area (Å²) in [5, 5.41) is 0. The summed E-state index contributed by atoms with van der Waals surface area (Å²) in [5.41, 5.74) is 1.15. The predicted molar refractivity (Wildman–Crippen MR) is 98.8 cm³/mol. The van der Waals surface area contributed by atoms with E-state index in [1.54, 1.807) is 18.6 Å². The van der Waals surface area contributed by atoms with Gasteiger partial charge in [-0.2, -0.15) is 0 Å². The first kappa shape index (κ1) is 17.5. The molecule has 1 fully saturated rings. The molecule has 4 rings (SSSR count). The molecule has 3 aromatic rings. The van der Waals surface area contributed by atoms with Crippen LogP contribution in [0.1, 0.15) is 34.7 Å². The van der Waals surface area contributed by atoms with Gasteiger partial charge in [-0.05, 0) is 55.0 Å². The molecule has 1 aliphatic rings. The Balaban J connectivity index is 1.30. The molecule has 3 heterocycles. The lowest BCUT2D eigenvalue weighted by atomic mass is 9.90. The molecule has 0 unspecified atom stereocenters. The number of hydrogen-bond acceptors (Lipinski definition) is 3. The quantitative estimate of drug-likeness (QED) is 0.690. The summed E-state index contributed by atoms with van der Waals surface area (Å²) in [5.74, 6) is 1.40. The maximum absolute atomic E-state index is 13.0. The maximum Gasteiger partial charge on any atom is 0.289 e. The number of piperidine rings is 1. The highest BCUT2D eigenvalue weighted by molar-refractivity contribution is 5.91. The zero-order valence-corrected chi connectivity index (χ0v) is 15.1. The largest absolute Gasteiger partial charge is 0.454 e. The van der Waals surface area contributed by atoms with Gasteiger partial charge in [-0.3, -0.25) is 4.79 Å². The standard InChI is InChI=1S/C21H22FN3O2/c22-18-3-1-16(2-4-18)13-17-7-10-25(11-8-17)21(26)20-6-5-19(27-20)14-24-12-9-23-15-24/h1-6,9,12,15,17H,7-8,10-11,13-14H2. The fraction of sp³-hybridized carbons (Fsp3) is 0.333. The Kier molecular flexibility index (Phi) is 5.05. The van der Waals surface area contributed by atoms with Gasteiger partial charge in [0.1, 0.15) is 11.6 Å². The lowest BCUT2D eigenvalue weighted by Gasteiger charge is -2.31. The number of halogens is 1. The monoisotopic (exact) mass is 367 g/mol. The van der Waals surface area contributed by atoms with Gasteiger partial charge in [0.2, 0.25) is 0 Å². The van der Waals surface area contributed by atoms with E-state index in [4.69, 9.17) is 4.42 Å². The Labute approximate surface area is 157 Å². The third-order valence-electron chi connectivity index (χ3n) is 5.11. The van der Waals surface area contributed by atoms with E-state index in [9.17, 15) is 9.18 Å². The number of imidazole rings is 1. The summed E-state index contributed by atoms with van der Waals surface area (Å²) in [6.45, 7) is 2.01. The van der Waals surface area contributed by atoms with Crippen molar-refractivity contribution in [2.75, 3.05) is 13.1 Å². The SMILES string of the molecule is O=C(c1ccc(Cn2ccnc2)o1)N1CCC(Cc2ccc(F)cc2)CC1. The topological polar surface area (TPSA) is 51.3 Å². The van der Waals surface area contributed by atoms with E-state index < -0.39 is 0 Å². The molecule has 0 aliphatic carbocycles. The van der Waals surface area contributed by atoms with Crippen LogP contribution in [0.15, 0.2) is 59.5 Å². The molecule has 1 aromatic carbocycles. The van der Waals surface area contributed by atoms with Crippen molar-refractivity contribution < 1.29 is 13.6 Å². The number of likely N-dealkylation sites (tertiary alicyclic amines) is 1. The van der Waals surface area contributed by atoms with Crippen LogP contribution in [0.25, 0.3) is 0 Å². The number of furan rings is 1. The van der Waals surface area contributed by atoms with Gasteiger partial charge < -0.3 is 13.9 Å². The molecule has 0 radical (unpaired) electrons. The van der Waals surface area contributed by atoms with E-state index in [0.717, 1.165) is 43.7 Å². The molecule has 0 N–H and O–H groups in total.